The highest BCUT2D eigenvalue weighted by molar-refractivity contribution is 5.34. The van der Waals surface area contributed by atoms with Crippen molar-refractivity contribution in [3.63, 3.8) is 0 Å². The van der Waals surface area contributed by atoms with E-state index in [2.05, 4.69) is 5.10 Å². The van der Waals surface area contributed by atoms with E-state index >= 15 is 0 Å². The third kappa shape index (κ3) is 1.67. The summed E-state index contributed by atoms with van der Waals surface area (Å²) in [5.74, 6) is 0. The van der Waals surface area contributed by atoms with Crippen molar-refractivity contribution in [1.82, 2.24) is 9.78 Å². The van der Waals surface area contributed by atoms with Gasteiger partial charge in [0, 0.05) is 12.4 Å². The lowest BCUT2D eigenvalue weighted by Crippen LogP contribution is -1.95. The van der Waals surface area contributed by atoms with E-state index < -0.39 is 6.10 Å². The predicted octanol–water partition coefficient (Wildman–Crippen LogP) is 1.93. The van der Waals surface area contributed by atoms with E-state index in [1.165, 1.54) is 0 Å². The summed E-state index contributed by atoms with van der Waals surface area (Å²) >= 11 is 0. The molecular formula is C11H12N2O. The number of aromatic nitrogens is 2. The molecule has 2 aromatic rings. The topological polar surface area (TPSA) is 38.0 Å². The second-order valence-electron chi connectivity index (χ2n) is 3.22. The Bertz CT molecular complexity index is 390. The second kappa shape index (κ2) is 3.64. The number of benzene rings is 1. The van der Waals surface area contributed by atoms with Gasteiger partial charge in [-0.15, -0.1) is 0 Å². The number of aliphatic hydroxyl groups is 1. The van der Waals surface area contributed by atoms with Crippen LogP contribution in [0.4, 0.5) is 0 Å². The lowest BCUT2D eigenvalue weighted by atomic mass is 10.1. The van der Waals surface area contributed by atoms with Crippen molar-refractivity contribution in [1.29, 1.82) is 0 Å². The number of nitrogens with zero attached hydrogens (tertiary/aromatic N) is 2. The Kier molecular flexibility index (Phi) is 2.33. The van der Waals surface area contributed by atoms with Crippen LogP contribution in [0.25, 0.3) is 5.69 Å². The van der Waals surface area contributed by atoms with E-state index in [0.29, 0.717) is 0 Å². The molecule has 3 nitrogen and oxygen atoms in total. The normalized spacial score (nSPS) is 12.7. The van der Waals surface area contributed by atoms with Gasteiger partial charge in [0.1, 0.15) is 0 Å². The Labute approximate surface area is 82.6 Å². The molecular weight excluding hydrogens is 176 g/mol. The number of hydrogen-bond acceptors (Lipinski definition) is 2. The molecule has 14 heavy (non-hydrogen) atoms. The fourth-order valence-electron chi connectivity index (χ4n) is 1.33. The molecule has 2 rings (SSSR count). The van der Waals surface area contributed by atoms with Crippen molar-refractivity contribution in [3.8, 4) is 5.69 Å². The van der Waals surface area contributed by atoms with Gasteiger partial charge in [-0.05, 0) is 30.7 Å². The average molecular weight is 188 g/mol. The SMILES string of the molecule is C[C@H](O)c1ccc(-n2cccn2)cc1. The average Bonchev–Trinajstić information content (AvgIpc) is 2.71. The van der Waals surface area contributed by atoms with E-state index in [0.717, 1.165) is 11.3 Å². The highest BCUT2D eigenvalue weighted by Crippen LogP contribution is 2.14. The van der Waals surface area contributed by atoms with Crippen LogP contribution in [0.5, 0.6) is 0 Å². The third-order valence-corrected chi connectivity index (χ3v) is 2.14. The molecule has 0 spiro atoms. The summed E-state index contributed by atoms with van der Waals surface area (Å²) in [4.78, 5) is 0. The van der Waals surface area contributed by atoms with Gasteiger partial charge in [-0.25, -0.2) is 4.68 Å². The van der Waals surface area contributed by atoms with Crippen molar-refractivity contribution < 1.29 is 5.11 Å². The minimum atomic E-state index is -0.415. The molecule has 0 aliphatic heterocycles. The van der Waals surface area contributed by atoms with Crippen LogP contribution < -0.4 is 0 Å². The van der Waals surface area contributed by atoms with Crippen molar-refractivity contribution in [2.24, 2.45) is 0 Å². The molecule has 1 atom stereocenters. The molecule has 0 aliphatic carbocycles. The largest absolute Gasteiger partial charge is 0.389 e. The molecule has 0 saturated carbocycles. The number of rotatable bonds is 2. The maximum atomic E-state index is 9.32. The first-order valence-electron chi connectivity index (χ1n) is 4.55. The third-order valence-electron chi connectivity index (χ3n) is 2.14. The molecule has 0 bridgehead atoms. The van der Waals surface area contributed by atoms with E-state index in [9.17, 15) is 5.11 Å². The smallest absolute Gasteiger partial charge is 0.0761 e. The minimum Gasteiger partial charge on any atom is -0.389 e. The van der Waals surface area contributed by atoms with Crippen LogP contribution in [0.1, 0.15) is 18.6 Å². The highest BCUT2D eigenvalue weighted by Gasteiger charge is 2.00. The molecule has 1 aromatic carbocycles. The maximum absolute atomic E-state index is 9.32. The quantitative estimate of drug-likeness (QED) is 0.782. The summed E-state index contributed by atoms with van der Waals surface area (Å²) < 4.78 is 1.78. The van der Waals surface area contributed by atoms with Gasteiger partial charge in [0.05, 0.1) is 11.8 Å². The molecule has 0 unspecified atom stereocenters. The van der Waals surface area contributed by atoms with E-state index in [-0.39, 0.29) is 0 Å². The monoisotopic (exact) mass is 188 g/mol. The summed E-state index contributed by atoms with van der Waals surface area (Å²) in [7, 11) is 0. The fraction of sp³-hybridized carbons (Fsp3) is 0.182. The number of aliphatic hydroxyl groups excluding tert-OH is 1. The zero-order valence-electron chi connectivity index (χ0n) is 7.96. The van der Waals surface area contributed by atoms with Crippen LogP contribution in [0, 0.1) is 0 Å². The first-order chi connectivity index (χ1) is 6.77. The Hall–Kier alpha value is -1.61. The lowest BCUT2D eigenvalue weighted by molar-refractivity contribution is 0.199. The van der Waals surface area contributed by atoms with Gasteiger partial charge in [0.15, 0.2) is 0 Å². The van der Waals surface area contributed by atoms with Gasteiger partial charge in [-0.3, -0.25) is 0 Å². The van der Waals surface area contributed by atoms with Crippen molar-refractivity contribution in [2.75, 3.05) is 0 Å². The van der Waals surface area contributed by atoms with E-state index in [4.69, 9.17) is 0 Å². The molecule has 0 saturated heterocycles. The van der Waals surface area contributed by atoms with Crippen molar-refractivity contribution in [3.05, 3.63) is 48.3 Å². The van der Waals surface area contributed by atoms with E-state index in [1.54, 1.807) is 17.8 Å². The Morgan fingerprint density at radius 1 is 1.29 bits per heavy atom. The van der Waals surface area contributed by atoms with Gasteiger partial charge >= 0.3 is 0 Å². The van der Waals surface area contributed by atoms with Crippen molar-refractivity contribution in [2.45, 2.75) is 13.0 Å². The van der Waals surface area contributed by atoms with Crippen LogP contribution in [0.2, 0.25) is 0 Å². The lowest BCUT2D eigenvalue weighted by Gasteiger charge is -2.05. The molecule has 1 aromatic heterocycles. The highest BCUT2D eigenvalue weighted by atomic mass is 16.3. The van der Waals surface area contributed by atoms with Crippen LogP contribution in [0.3, 0.4) is 0 Å². The number of hydrogen-bond donors (Lipinski definition) is 1. The molecule has 3 heteroatoms. The zero-order chi connectivity index (χ0) is 9.97. The second-order valence-corrected chi connectivity index (χ2v) is 3.22. The summed E-state index contributed by atoms with van der Waals surface area (Å²) in [6, 6.07) is 9.57. The Morgan fingerprint density at radius 2 is 2.00 bits per heavy atom. The van der Waals surface area contributed by atoms with Crippen LogP contribution >= 0.6 is 0 Å². The maximum Gasteiger partial charge on any atom is 0.0761 e. The first kappa shape index (κ1) is 8.97. The van der Waals surface area contributed by atoms with Gasteiger partial charge in [0.25, 0.3) is 0 Å². The van der Waals surface area contributed by atoms with E-state index in [1.807, 2.05) is 36.5 Å². The van der Waals surface area contributed by atoms with Gasteiger partial charge in [-0.1, -0.05) is 12.1 Å². The van der Waals surface area contributed by atoms with Gasteiger partial charge in [0.2, 0.25) is 0 Å². The Balaban J connectivity index is 2.31. The first-order valence-corrected chi connectivity index (χ1v) is 4.55. The van der Waals surface area contributed by atoms with Gasteiger partial charge in [-0.2, -0.15) is 5.10 Å². The molecule has 0 fully saturated rings. The van der Waals surface area contributed by atoms with Crippen LogP contribution in [0.15, 0.2) is 42.7 Å². The molecule has 0 amide bonds. The molecule has 0 radical (unpaired) electrons. The summed E-state index contributed by atoms with van der Waals surface area (Å²) in [5.41, 5.74) is 1.92. The predicted molar refractivity (Wildman–Crippen MR) is 54.2 cm³/mol. The van der Waals surface area contributed by atoms with Gasteiger partial charge < -0.3 is 5.11 Å². The molecule has 0 aliphatic rings. The summed E-state index contributed by atoms with van der Waals surface area (Å²) in [6.07, 6.45) is 3.21. The molecule has 1 N–H and O–H groups in total. The van der Waals surface area contributed by atoms with Crippen molar-refractivity contribution >= 4 is 0 Å². The summed E-state index contributed by atoms with van der Waals surface area (Å²) in [6.45, 7) is 1.75. The minimum absolute atomic E-state index is 0.415. The molecule has 72 valence electrons. The zero-order valence-corrected chi connectivity index (χ0v) is 7.96. The summed E-state index contributed by atoms with van der Waals surface area (Å²) in [5, 5.41) is 13.4. The standard InChI is InChI=1S/C11H12N2O/c1-9(14)10-3-5-11(6-4-10)13-8-2-7-12-13/h2-9,14H,1H3/t9-/m0/s1. The van der Waals surface area contributed by atoms with Crippen LogP contribution in [-0.2, 0) is 0 Å². The Morgan fingerprint density at radius 3 is 2.50 bits per heavy atom. The fourth-order valence-corrected chi connectivity index (χ4v) is 1.33. The molecule has 1 heterocycles. The van der Waals surface area contributed by atoms with Crippen LogP contribution in [-0.4, -0.2) is 14.9 Å².